The molecule has 0 aromatic heterocycles. The lowest BCUT2D eigenvalue weighted by Gasteiger charge is -2.43. The van der Waals surface area contributed by atoms with Gasteiger partial charge in [-0.15, -0.1) is 0 Å². The minimum Gasteiger partial charge on any atom is -0.370 e. The summed E-state index contributed by atoms with van der Waals surface area (Å²) >= 11 is 0. The maximum absolute atomic E-state index is 13.1. The number of fused-ring (bicyclic) bond motifs is 2. The lowest BCUT2D eigenvalue weighted by Crippen LogP contribution is -2.45. The molecule has 2 bridgehead atoms. The minimum atomic E-state index is -4.43. The second kappa shape index (κ2) is 6.30. The standard InChI is InChI=1S/C18H23F3N2O/c1-11-12-4-2-3-5-13(11)10-23(9-12)16-8-14(18(19,20)21)6-7-15(16)17(22)24/h6-8,11-13H,2-5,9-10H2,1H3,(H2,22,24). The number of nitrogens with zero attached hydrogens (tertiary/aromatic N) is 1. The molecule has 2 unspecified atom stereocenters. The quantitative estimate of drug-likeness (QED) is 0.882. The predicted molar refractivity (Wildman–Crippen MR) is 86.8 cm³/mol. The average molecular weight is 340 g/mol. The highest BCUT2D eigenvalue weighted by Crippen LogP contribution is 2.41. The fraction of sp³-hybridized carbons (Fsp3) is 0.611. The van der Waals surface area contributed by atoms with Crippen molar-refractivity contribution >= 4 is 11.6 Å². The number of piperidine rings is 1. The van der Waals surface area contributed by atoms with E-state index in [-0.39, 0.29) is 5.56 Å². The Morgan fingerprint density at radius 3 is 2.25 bits per heavy atom. The average Bonchev–Trinajstić information content (AvgIpc) is 2.62. The monoisotopic (exact) mass is 340 g/mol. The van der Waals surface area contributed by atoms with Crippen molar-refractivity contribution in [2.75, 3.05) is 18.0 Å². The van der Waals surface area contributed by atoms with Gasteiger partial charge in [0.05, 0.1) is 16.8 Å². The van der Waals surface area contributed by atoms with E-state index in [4.69, 9.17) is 5.73 Å². The number of anilines is 1. The summed E-state index contributed by atoms with van der Waals surface area (Å²) in [7, 11) is 0. The van der Waals surface area contributed by atoms with Gasteiger partial charge in [0.1, 0.15) is 0 Å². The molecule has 1 aliphatic carbocycles. The van der Waals surface area contributed by atoms with Crippen LogP contribution in [0.2, 0.25) is 0 Å². The molecule has 1 heterocycles. The molecule has 1 amide bonds. The molecule has 3 rings (SSSR count). The molecule has 132 valence electrons. The van der Waals surface area contributed by atoms with E-state index in [1.54, 1.807) is 0 Å². The number of benzene rings is 1. The topological polar surface area (TPSA) is 46.3 Å². The normalized spacial score (nSPS) is 27.7. The van der Waals surface area contributed by atoms with E-state index in [1.807, 2.05) is 4.90 Å². The molecule has 0 spiro atoms. The van der Waals surface area contributed by atoms with Crippen LogP contribution in [-0.2, 0) is 6.18 Å². The Balaban J connectivity index is 1.99. The summed E-state index contributed by atoms with van der Waals surface area (Å²) < 4.78 is 39.3. The van der Waals surface area contributed by atoms with Gasteiger partial charge in [-0.3, -0.25) is 4.79 Å². The van der Waals surface area contributed by atoms with E-state index < -0.39 is 17.6 Å². The van der Waals surface area contributed by atoms with E-state index in [9.17, 15) is 18.0 Å². The molecule has 2 atom stereocenters. The maximum Gasteiger partial charge on any atom is 0.416 e. The fourth-order valence-electron chi connectivity index (χ4n) is 4.25. The molecule has 2 fully saturated rings. The summed E-state index contributed by atoms with van der Waals surface area (Å²) in [4.78, 5) is 13.7. The first-order chi connectivity index (χ1) is 11.3. The molecule has 1 aliphatic heterocycles. The second-order valence-corrected chi connectivity index (χ2v) is 7.16. The van der Waals surface area contributed by atoms with Gasteiger partial charge in [0.25, 0.3) is 5.91 Å². The lowest BCUT2D eigenvalue weighted by atomic mass is 9.78. The minimum absolute atomic E-state index is 0.175. The number of nitrogens with two attached hydrogens (primary N) is 1. The van der Waals surface area contributed by atoms with Gasteiger partial charge in [-0.1, -0.05) is 19.8 Å². The Hall–Kier alpha value is -1.72. The molecular formula is C18H23F3N2O. The Bertz CT molecular complexity index is 613. The van der Waals surface area contributed by atoms with Crippen LogP contribution in [-0.4, -0.2) is 19.0 Å². The van der Waals surface area contributed by atoms with Crippen molar-refractivity contribution in [3.8, 4) is 0 Å². The summed E-state index contributed by atoms with van der Waals surface area (Å²) in [6, 6.07) is 3.23. The van der Waals surface area contributed by atoms with Gasteiger partial charge in [-0.05, 0) is 48.8 Å². The number of carbonyl (C=O) groups excluding carboxylic acids is 1. The molecule has 6 heteroatoms. The number of halogens is 3. The number of hydrogen-bond acceptors (Lipinski definition) is 2. The molecule has 3 nitrogen and oxygen atoms in total. The third-order valence-corrected chi connectivity index (χ3v) is 5.73. The Labute approximate surface area is 140 Å². The summed E-state index contributed by atoms with van der Waals surface area (Å²) in [5.74, 6) is 0.815. The second-order valence-electron chi connectivity index (χ2n) is 7.16. The Morgan fingerprint density at radius 2 is 1.75 bits per heavy atom. The van der Waals surface area contributed by atoms with Gasteiger partial charge in [-0.25, -0.2) is 0 Å². The van der Waals surface area contributed by atoms with Gasteiger partial charge in [0.2, 0.25) is 0 Å². The highest BCUT2D eigenvalue weighted by Gasteiger charge is 2.37. The zero-order valence-electron chi connectivity index (χ0n) is 13.8. The van der Waals surface area contributed by atoms with Crippen molar-refractivity contribution < 1.29 is 18.0 Å². The first-order valence-corrected chi connectivity index (χ1v) is 8.53. The highest BCUT2D eigenvalue weighted by molar-refractivity contribution is 5.98. The molecule has 2 N–H and O–H groups in total. The van der Waals surface area contributed by atoms with Crippen molar-refractivity contribution in [2.45, 2.75) is 38.8 Å². The third kappa shape index (κ3) is 3.23. The zero-order valence-corrected chi connectivity index (χ0v) is 13.8. The Morgan fingerprint density at radius 1 is 1.17 bits per heavy atom. The van der Waals surface area contributed by atoms with Gasteiger partial charge < -0.3 is 10.6 Å². The fourth-order valence-corrected chi connectivity index (χ4v) is 4.25. The van der Waals surface area contributed by atoms with Crippen LogP contribution in [0.15, 0.2) is 18.2 Å². The molecule has 1 aromatic rings. The lowest BCUT2D eigenvalue weighted by molar-refractivity contribution is -0.137. The van der Waals surface area contributed by atoms with E-state index in [2.05, 4.69) is 6.92 Å². The van der Waals surface area contributed by atoms with Crippen molar-refractivity contribution in [1.82, 2.24) is 0 Å². The van der Waals surface area contributed by atoms with Crippen molar-refractivity contribution in [3.05, 3.63) is 29.3 Å². The smallest absolute Gasteiger partial charge is 0.370 e. The van der Waals surface area contributed by atoms with Crippen LogP contribution in [0.1, 0.15) is 48.5 Å². The summed E-state index contributed by atoms with van der Waals surface area (Å²) in [5, 5.41) is 0. The van der Waals surface area contributed by atoms with Crippen molar-refractivity contribution in [2.24, 2.45) is 23.5 Å². The molecule has 0 radical (unpaired) electrons. The first-order valence-electron chi connectivity index (χ1n) is 8.53. The van der Waals surface area contributed by atoms with Crippen LogP contribution in [0.4, 0.5) is 18.9 Å². The van der Waals surface area contributed by atoms with Crippen LogP contribution < -0.4 is 10.6 Å². The molecule has 1 aromatic carbocycles. The molecule has 1 saturated heterocycles. The number of rotatable bonds is 2. The van der Waals surface area contributed by atoms with Crippen LogP contribution in [0.3, 0.4) is 0 Å². The number of amides is 1. The molecular weight excluding hydrogens is 317 g/mol. The van der Waals surface area contributed by atoms with Crippen LogP contribution in [0.5, 0.6) is 0 Å². The molecule has 24 heavy (non-hydrogen) atoms. The summed E-state index contributed by atoms with van der Waals surface area (Å²) in [5.41, 5.74) is 5.18. The first kappa shape index (κ1) is 17.1. The highest BCUT2D eigenvalue weighted by atomic mass is 19.4. The van der Waals surface area contributed by atoms with Crippen LogP contribution >= 0.6 is 0 Å². The van der Waals surface area contributed by atoms with E-state index in [0.717, 1.165) is 25.0 Å². The van der Waals surface area contributed by atoms with E-state index >= 15 is 0 Å². The summed E-state index contributed by atoms with van der Waals surface area (Å²) in [6.07, 6.45) is 0.105. The predicted octanol–water partition coefficient (Wildman–Crippen LogP) is 4.07. The SMILES string of the molecule is CC1C2CCCCC1CN(c1cc(C(F)(F)F)ccc1C(N)=O)C2. The van der Waals surface area contributed by atoms with Gasteiger partial charge >= 0.3 is 6.18 Å². The number of primary amides is 1. The van der Waals surface area contributed by atoms with Gasteiger partial charge in [0, 0.05) is 13.1 Å². The van der Waals surface area contributed by atoms with Gasteiger partial charge in [-0.2, -0.15) is 13.2 Å². The molecule has 2 aliphatic rings. The summed E-state index contributed by atoms with van der Waals surface area (Å²) in [6.45, 7) is 3.64. The van der Waals surface area contributed by atoms with E-state index in [1.165, 1.54) is 18.9 Å². The zero-order chi connectivity index (χ0) is 17.5. The number of alkyl halides is 3. The van der Waals surface area contributed by atoms with Gasteiger partial charge in [0.15, 0.2) is 0 Å². The van der Waals surface area contributed by atoms with Crippen LogP contribution in [0, 0.1) is 17.8 Å². The number of carbonyl (C=O) groups is 1. The number of hydrogen-bond donors (Lipinski definition) is 1. The van der Waals surface area contributed by atoms with Crippen molar-refractivity contribution in [3.63, 3.8) is 0 Å². The molecule has 1 saturated carbocycles. The van der Waals surface area contributed by atoms with Crippen LogP contribution in [0.25, 0.3) is 0 Å². The largest absolute Gasteiger partial charge is 0.416 e. The van der Waals surface area contributed by atoms with E-state index in [0.29, 0.717) is 36.5 Å². The third-order valence-electron chi connectivity index (χ3n) is 5.73. The van der Waals surface area contributed by atoms with Crippen molar-refractivity contribution in [1.29, 1.82) is 0 Å². The Kier molecular flexibility index (Phi) is 4.49. The maximum atomic E-state index is 13.1.